The number of nitriles is 2. The highest BCUT2D eigenvalue weighted by molar-refractivity contribution is 5.06. The normalized spacial score (nSPS) is 9.33. The molecule has 0 amide bonds. The zero-order valence-corrected chi connectivity index (χ0v) is 6.73. The summed E-state index contributed by atoms with van der Waals surface area (Å²) in [5.74, 6) is 0.175. The van der Waals surface area contributed by atoms with Crippen molar-refractivity contribution in [2.45, 2.75) is 6.42 Å². The molecule has 0 aliphatic rings. The molecule has 0 fully saturated rings. The Labute approximate surface area is 70.7 Å². The molecule has 4 heteroatoms. The van der Waals surface area contributed by atoms with Gasteiger partial charge in [-0.15, -0.1) is 0 Å². The average Bonchev–Trinajstić information content (AvgIpc) is 2.47. The van der Waals surface area contributed by atoms with E-state index < -0.39 is 5.92 Å². The Morgan fingerprint density at radius 2 is 2.25 bits per heavy atom. The maximum absolute atomic E-state index is 8.51. The molecule has 4 nitrogen and oxygen atoms in total. The summed E-state index contributed by atoms with van der Waals surface area (Å²) in [6.45, 7) is 0. The molecule has 0 aliphatic carbocycles. The van der Waals surface area contributed by atoms with Gasteiger partial charge in [0, 0.05) is 25.9 Å². The Morgan fingerprint density at radius 1 is 1.58 bits per heavy atom. The predicted molar refractivity (Wildman–Crippen MR) is 41.6 cm³/mol. The van der Waals surface area contributed by atoms with E-state index in [1.165, 1.54) is 0 Å². The fourth-order valence-corrected chi connectivity index (χ4v) is 0.896. The zero-order chi connectivity index (χ0) is 8.97. The van der Waals surface area contributed by atoms with Crippen LogP contribution in [0.5, 0.6) is 0 Å². The molecule has 0 aromatic carbocycles. The SMILES string of the molecule is Cn1ccnc1CC(C#N)C#N. The molecule has 60 valence electrons. The van der Waals surface area contributed by atoms with Crippen molar-refractivity contribution in [1.82, 2.24) is 9.55 Å². The second-order valence-electron chi connectivity index (χ2n) is 2.47. The summed E-state index contributed by atoms with van der Waals surface area (Å²) in [6, 6.07) is 3.81. The lowest BCUT2D eigenvalue weighted by Gasteiger charge is -1.99. The largest absolute Gasteiger partial charge is 0.338 e. The van der Waals surface area contributed by atoms with Crippen LogP contribution >= 0.6 is 0 Å². The molecule has 0 saturated heterocycles. The van der Waals surface area contributed by atoms with E-state index in [1.54, 1.807) is 12.4 Å². The summed E-state index contributed by atoms with van der Waals surface area (Å²) < 4.78 is 1.81. The molecule has 1 aromatic rings. The minimum Gasteiger partial charge on any atom is -0.338 e. The van der Waals surface area contributed by atoms with Gasteiger partial charge in [0.2, 0.25) is 0 Å². The van der Waals surface area contributed by atoms with E-state index in [-0.39, 0.29) is 0 Å². The third-order valence-electron chi connectivity index (χ3n) is 1.62. The van der Waals surface area contributed by atoms with Crippen LogP contribution < -0.4 is 0 Å². The lowest BCUT2D eigenvalue weighted by molar-refractivity contribution is 0.720. The highest BCUT2D eigenvalue weighted by Gasteiger charge is 2.09. The molecular formula is C8H8N4. The van der Waals surface area contributed by atoms with Gasteiger partial charge in [-0.2, -0.15) is 10.5 Å². The van der Waals surface area contributed by atoms with Crippen LogP contribution in [0, 0.1) is 28.6 Å². The van der Waals surface area contributed by atoms with E-state index in [9.17, 15) is 0 Å². The summed E-state index contributed by atoms with van der Waals surface area (Å²) in [5.41, 5.74) is 0. The molecule has 0 N–H and O–H groups in total. The highest BCUT2D eigenvalue weighted by Crippen LogP contribution is 2.03. The van der Waals surface area contributed by atoms with E-state index in [1.807, 2.05) is 23.8 Å². The molecule has 0 atom stereocenters. The Bertz CT molecular complexity index is 325. The predicted octanol–water partition coefficient (Wildman–Crippen LogP) is 0.626. The number of rotatable bonds is 2. The summed E-state index contributed by atoms with van der Waals surface area (Å²) in [7, 11) is 1.84. The maximum atomic E-state index is 8.51. The van der Waals surface area contributed by atoms with Crippen LogP contribution in [-0.4, -0.2) is 9.55 Å². The second-order valence-corrected chi connectivity index (χ2v) is 2.47. The summed E-state index contributed by atoms with van der Waals surface area (Å²) in [5, 5.41) is 17.0. The number of aryl methyl sites for hydroxylation is 1. The topological polar surface area (TPSA) is 65.4 Å². The van der Waals surface area contributed by atoms with Gasteiger partial charge in [0.25, 0.3) is 0 Å². The van der Waals surface area contributed by atoms with Crippen molar-refractivity contribution < 1.29 is 0 Å². The molecule has 0 unspecified atom stereocenters. The fourth-order valence-electron chi connectivity index (χ4n) is 0.896. The van der Waals surface area contributed by atoms with Gasteiger partial charge in [-0.25, -0.2) is 4.98 Å². The van der Waals surface area contributed by atoms with Crippen LogP contribution in [0.1, 0.15) is 5.82 Å². The van der Waals surface area contributed by atoms with Gasteiger partial charge in [0.1, 0.15) is 11.7 Å². The van der Waals surface area contributed by atoms with Gasteiger partial charge in [-0.3, -0.25) is 0 Å². The van der Waals surface area contributed by atoms with Gasteiger partial charge in [-0.05, 0) is 0 Å². The Kier molecular flexibility index (Phi) is 2.45. The Balaban J connectivity index is 2.72. The van der Waals surface area contributed by atoms with Crippen LogP contribution in [-0.2, 0) is 13.5 Å². The van der Waals surface area contributed by atoms with Crippen molar-refractivity contribution in [1.29, 1.82) is 10.5 Å². The van der Waals surface area contributed by atoms with E-state index in [4.69, 9.17) is 10.5 Å². The van der Waals surface area contributed by atoms with E-state index in [0.717, 1.165) is 5.82 Å². The molecule has 0 saturated carbocycles. The van der Waals surface area contributed by atoms with Gasteiger partial charge in [-0.1, -0.05) is 0 Å². The van der Waals surface area contributed by atoms with E-state index in [2.05, 4.69) is 4.98 Å². The third kappa shape index (κ3) is 1.62. The molecule has 0 spiro atoms. The van der Waals surface area contributed by atoms with Gasteiger partial charge >= 0.3 is 0 Å². The van der Waals surface area contributed by atoms with Crippen molar-refractivity contribution >= 4 is 0 Å². The van der Waals surface area contributed by atoms with Crippen molar-refractivity contribution in [3.8, 4) is 12.1 Å². The van der Waals surface area contributed by atoms with Crippen molar-refractivity contribution in [3.63, 3.8) is 0 Å². The molecule has 0 radical (unpaired) electrons. The molecular weight excluding hydrogens is 152 g/mol. The van der Waals surface area contributed by atoms with Crippen LogP contribution in [0.4, 0.5) is 0 Å². The lowest BCUT2D eigenvalue weighted by Crippen LogP contribution is -2.04. The van der Waals surface area contributed by atoms with Crippen molar-refractivity contribution in [2.75, 3.05) is 0 Å². The minimum atomic E-state index is -0.592. The number of aromatic nitrogens is 2. The quantitative estimate of drug-likeness (QED) is 0.637. The standard InChI is InChI=1S/C8H8N4/c1-12-3-2-11-8(12)4-7(5-9)6-10/h2-3,7H,4H2,1H3. The number of hydrogen-bond donors (Lipinski definition) is 0. The Morgan fingerprint density at radius 3 is 2.67 bits per heavy atom. The van der Waals surface area contributed by atoms with E-state index in [0.29, 0.717) is 6.42 Å². The summed E-state index contributed by atoms with van der Waals surface area (Å²) >= 11 is 0. The molecule has 12 heavy (non-hydrogen) atoms. The second kappa shape index (κ2) is 3.54. The number of hydrogen-bond acceptors (Lipinski definition) is 3. The van der Waals surface area contributed by atoms with Gasteiger partial charge < -0.3 is 4.57 Å². The Hall–Kier alpha value is -1.81. The van der Waals surface area contributed by atoms with Crippen LogP contribution in [0.15, 0.2) is 12.4 Å². The first kappa shape index (κ1) is 8.29. The van der Waals surface area contributed by atoms with Crippen LogP contribution in [0.2, 0.25) is 0 Å². The molecule has 0 bridgehead atoms. The molecule has 1 rings (SSSR count). The third-order valence-corrected chi connectivity index (χ3v) is 1.62. The lowest BCUT2D eigenvalue weighted by atomic mass is 10.1. The van der Waals surface area contributed by atoms with Gasteiger partial charge in [0.15, 0.2) is 0 Å². The highest BCUT2D eigenvalue weighted by atomic mass is 15.0. The van der Waals surface area contributed by atoms with Crippen molar-refractivity contribution in [2.24, 2.45) is 13.0 Å². The van der Waals surface area contributed by atoms with Crippen LogP contribution in [0.25, 0.3) is 0 Å². The fraction of sp³-hybridized carbons (Fsp3) is 0.375. The monoisotopic (exact) mass is 160 g/mol. The first-order valence-electron chi connectivity index (χ1n) is 3.53. The van der Waals surface area contributed by atoms with Crippen molar-refractivity contribution in [3.05, 3.63) is 18.2 Å². The zero-order valence-electron chi connectivity index (χ0n) is 6.73. The minimum absolute atomic E-state index is 0.399. The number of nitrogens with zero attached hydrogens (tertiary/aromatic N) is 4. The average molecular weight is 160 g/mol. The summed E-state index contributed by atoms with van der Waals surface area (Å²) in [4.78, 5) is 4.01. The first-order valence-corrected chi connectivity index (χ1v) is 3.53. The smallest absolute Gasteiger partial charge is 0.140 e. The number of imidazole rings is 1. The molecule has 1 aromatic heterocycles. The molecule has 0 aliphatic heterocycles. The molecule has 1 heterocycles. The summed E-state index contributed by atoms with van der Waals surface area (Å²) in [6.07, 6.45) is 3.85. The van der Waals surface area contributed by atoms with E-state index >= 15 is 0 Å². The van der Waals surface area contributed by atoms with Gasteiger partial charge in [0.05, 0.1) is 12.1 Å². The maximum Gasteiger partial charge on any atom is 0.140 e. The van der Waals surface area contributed by atoms with Crippen LogP contribution in [0.3, 0.4) is 0 Å². The first-order chi connectivity index (χ1) is 5.77.